The molecule has 1 heterocycles. The van der Waals surface area contributed by atoms with Crippen molar-refractivity contribution in [1.82, 2.24) is 9.97 Å². The zero-order valence-corrected chi connectivity index (χ0v) is 11.8. The summed E-state index contributed by atoms with van der Waals surface area (Å²) in [5, 5.41) is 3.07. The number of hydrogen-bond donors (Lipinski definition) is 1. The monoisotopic (exact) mass is 279 g/mol. The molecule has 0 unspecified atom stereocenters. The second kappa shape index (κ2) is 5.53. The summed E-state index contributed by atoms with van der Waals surface area (Å²) in [5.74, 6) is 1.11. The SMILES string of the molecule is CNc1cc(C(C)C)nc(-c2ccc(F)c(Cl)c2)n1. The molecule has 1 N–H and O–H groups in total. The Kier molecular flexibility index (Phi) is 4.00. The highest BCUT2D eigenvalue weighted by atomic mass is 35.5. The number of anilines is 1. The van der Waals surface area contributed by atoms with Gasteiger partial charge in [0.25, 0.3) is 0 Å². The lowest BCUT2D eigenvalue weighted by Crippen LogP contribution is -2.02. The quantitative estimate of drug-likeness (QED) is 0.919. The first-order valence-corrected chi connectivity index (χ1v) is 6.41. The first kappa shape index (κ1) is 13.7. The lowest BCUT2D eigenvalue weighted by atomic mass is 10.1. The summed E-state index contributed by atoms with van der Waals surface area (Å²) in [7, 11) is 1.80. The topological polar surface area (TPSA) is 37.8 Å². The Morgan fingerprint density at radius 3 is 2.53 bits per heavy atom. The number of rotatable bonds is 3. The number of benzene rings is 1. The highest BCUT2D eigenvalue weighted by Gasteiger charge is 2.10. The van der Waals surface area contributed by atoms with Crippen molar-refractivity contribution in [3.8, 4) is 11.4 Å². The summed E-state index contributed by atoms with van der Waals surface area (Å²) in [6.45, 7) is 4.12. The Morgan fingerprint density at radius 2 is 1.95 bits per heavy atom. The third kappa shape index (κ3) is 3.01. The van der Waals surface area contributed by atoms with Crippen molar-refractivity contribution in [2.45, 2.75) is 19.8 Å². The fourth-order valence-corrected chi connectivity index (χ4v) is 1.83. The largest absolute Gasteiger partial charge is 0.373 e. The van der Waals surface area contributed by atoms with Gasteiger partial charge < -0.3 is 5.32 Å². The first-order valence-electron chi connectivity index (χ1n) is 6.03. The van der Waals surface area contributed by atoms with Gasteiger partial charge in [0.05, 0.1) is 5.02 Å². The van der Waals surface area contributed by atoms with Crippen LogP contribution < -0.4 is 5.32 Å². The molecule has 1 aromatic carbocycles. The fraction of sp³-hybridized carbons (Fsp3) is 0.286. The summed E-state index contributed by atoms with van der Waals surface area (Å²) in [6, 6.07) is 6.39. The molecule has 0 saturated heterocycles. The van der Waals surface area contributed by atoms with Crippen LogP contribution in [-0.4, -0.2) is 17.0 Å². The third-order valence-electron chi connectivity index (χ3n) is 2.77. The minimum atomic E-state index is -0.445. The Morgan fingerprint density at radius 1 is 1.21 bits per heavy atom. The van der Waals surface area contributed by atoms with Crippen molar-refractivity contribution in [2.75, 3.05) is 12.4 Å². The van der Waals surface area contributed by atoms with Crippen molar-refractivity contribution in [3.05, 3.63) is 40.8 Å². The lowest BCUT2D eigenvalue weighted by Gasteiger charge is -2.10. The molecule has 0 aliphatic heterocycles. The van der Waals surface area contributed by atoms with Crippen LogP contribution in [0, 0.1) is 5.82 Å². The molecule has 0 fully saturated rings. The van der Waals surface area contributed by atoms with Crippen molar-refractivity contribution < 1.29 is 4.39 Å². The molecule has 0 saturated carbocycles. The highest BCUT2D eigenvalue weighted by molar-refractivity contribution is 6.31. The van der Waals surface area contributed by atoms with Crippen LogP contribution in [0.15, 0.2) is 24.3 Å². The minimum Gasteiger partial charge on any atom is -0.373 e. The van der Waals surface area contributed by atoms with Crippen molar-refractivity contribution in [3.63, 3.8) is 0 Å². The van der Waals surface area contributed by atoms with Gasteiger partial charge in [0.1, 0.15) is 11.6 Å². The zero-order chi connectivity index (χ0) is 14.0. The highest BCUT2D eigenvalue weighted by Crippen LogP contribution is 2.25. The Balaban J connectivity index is 2.54. The van der Waals surface area contributed by atoms with Crippen LogP contribution in [0.5, 0.6) is 0 Å². The van der Waals surface area contributed by atoms with Gasteiger partial charge in [0.2, 0.25) is 0 Å². The van der Waals surface area contributed by atoms with Gasteiger partial charge in [-0.15, -0.1) is 0 Å². The van der Waals surface area contributed by atoms with E-state index in [0.717, 1.165) is 11.5 Å². The van der Waals surface area contributed by atoms with Crippen LogP contribution in [0.25, 0.3) is 11.4 Å². The molecule has 2 aromatic rings. The van der Waals surface area contributed by atoms with E-state index in [1.54, 1.807) is 13.1 Å². The molecule has 1 aromatic heterocycles. The van der Waals surface area contributed by atoms with Gasteiger partial charge in [-0.05, 0) is 24.1 Å². The number of halogens is 2. The maximum Gasteiger partial charge on any atom is 0.161 e. The number of nitrogens with one attached hydrogen (secondary N) is 1. The van der Waals surface area contributed by atoms with E-state index >= 15 is 0 Å². The van der Waals surface area contributed by atoms with Crippen molar-refractivity contribution >= 4 is 17.4 Å². The molecule has 0 bridgehead atoms. The molecule has 0 radical (unpaired) electrons. The molecule has 0 amide bonds. The second-order valence-electron chi connectivity index (χ2n) is 4.54. The first-order chi connectivity index (χ1) is 9.01. The average molecular weight is 280 g/mol. The maximum absolute atomic E-state index is 13.2. The van der Waals surface area contributed by atoms with Crippen LogP contribution in [0.4, 0.5) is 10.2 Å². The van der Waals surface area contributed by atoms with Crippen LogP contribution in [0.2, 0.25) is 5.02 Å². The second-order valence-corrected chi connectivity index (χ2v) is 4.94. The fourth-order valence-electron chi connectivity index (χ4n) is 1.65. The number of nitrogens with zero attached hydrogens (tertiary/aromatic N) is 2. The summed E-state index contributed by atoms with van der Waals surface area (Å²) in [4.78, 5) is 8.86. The zero-order valence-electron chi connectivity index (χ0n) is 11.0. The van der Waals surface area contributed by atoms with Gasteiger partial charge in [-0.1, -0.05) is 25.4 Å². The van der Waals surface area contributed by atoms with E-state index in [4.69, 9.17) is 11.6 Å². The van der Waals surface area contributed by atoms with Gasteiger partial charge in [0, 0.05) is 24.4 Å². The van der Waals surface area contributed by atoms with Crippen LogP contribution in [0.3, 0.4) is 0 Å². The molecular formula is C14H15ClFN3. The number of aromatic nitrogens is 2. The Labute approximate surface area is 116 Å². The molecule has 3 nitrogen and oxygen atoms in total. The summed E-state index contributed by atoms with van der Waals surface area (Å²) >= 11 is 5.79. The van der Waals surface area contributed by atoms with E-state index in [9.17, 15) is 4.39 Å². The molecule has 0 aliphatic rings. The van der Waals surface area contributed by atoms with E-state index in [1.165, 1.54) is 12.1 Å². The van der Waals surface area contributed by atoms with E-state index in [1.807, 2.05) is 6.07 Å². The minimum absolute atomic E-state index is 0.0713. The van der Waals surface area contributed by atoms with Crippen molar-refractivity contribution in [2.24, 2.45) is 0 Å². The molecular weight excluding hydrogens is 265 g/mol. The molecule has 100 valence electrons. The lowest BCUT2D eigenvalue weighted by molar-refractivity contribution is 0.628. The van der Waals surface area contributed by atoms with E-state index < -0.39 is 5.82 Å². The Hall–Kier alpha value is -1.68. The van der Waals surface area contributed by atoms with Gasteiger partial charge in [-0.3, -0.25) is 0 Å². The van der Waals surface area contributed by atoms with E-state index in [0.29, 0.717) is 11.4 Å². The normalized spacial score (nSPS) is 10.8. The van der Waals surface area contributed by atoms with Gasteiger partial charge in [-0.2, -0.15) is 0 Å². The van der Waals surface area contributed by atoms with Crippen LogP contribution >= 0.6 is 11.6 Å². The van der Waals surface area contributed by atoms with Crippen LogP contribution in [0.1, 0.15) is 25.5 Å². The molecule has 0 atom stereocenters. The maximum atomic E-state index is 13.2. The summed E-state index contributed by atoms with van der Waals surface area (Å²) in [5.41, 5.74) is 1.63. The molecule has 5 heteroatoms. The molecule has 2 rings (SSSR count). The average Bonchev–Trinajstić information content (AvgIpc) is 2.41. The third-order valence-corrected chi connectivity index (χ3v) is 3.06. The van der Waals surface area contributed by atoms with Gasteiger partial charge >= 0.3 is 0 Å². The van der Waals surface area contributed by atoms with Gasteiger partial charge in [0.15, 0.2) is 5.82 Å². The summed E-state index contributed by atoms with van der Waals surface area (Å²) < 4.78 is 13.2. The molecule has 0 aliphatic carbocycles. The van der Waals surface area contributed by atoms with E-state index in [-0.39, 0.29) is 10.9 Å². The Bertz CT molecular complexity index is 599. The summed E-state index contributed by atoms with van der Waals surface area (Å²) in [6.07, 6.45) is 0. The van der Waals surface area contributed by atoms with Crippen LogP contribution in [-0.2, 0) is 0 Å². The predicted molar refractivity (Wildman–Crippen MR) is 76.1 cm³/mol. The number of hydrogen-bond acceptors (Lipinski definition) is 3. The van der Waals surface area contributed by atoms with Crippen molar-refractivity contribution in [1.29, 1.82) is 0 Å². The molecule has 19 heavy (non-hydrogen) atoms. The van der Waals surface area contributed by atoms with E-state index in [2.05, 4.69) is 29.1 Å². The predicted octanol–water partition coefficient (Wildman–Crippen LogP) is 4.10. The standard InChI is InChI=1S/C14H15ClFN3/c1-8(2)12-7-13(17-3)19-14(18-12)9-4-5-11(16)10(15)6-9/h4-8H,1-3H3,(H,17,18,19). The van der Waals surface area contributed by atoms with Gasteiger partial charge in [-0.25, -0.2) is 14.4 Å². The molecule has 0 spiro atoms. The smallest absolute Gasteiger partial charge is 0.161 e.